The average Bonchev–Trinajstić information content (AvgIpc) is 3.68. The third kappa shape index (κ3) is 6.76. The maximum Gasteiger partial charge on any atom is 0.419 e. The van der Waals surface area contributed by atoms with Crippen molar-refractivity contribution in [2.24, 2.45) is 0 Å². The minimum Gasteiger partial charge on any atom is -0.477 e. The number of nitrogens with zero attached hydrogens (tertiary/aromatic N) is 2. The summed E-state index contributed by atoms with van der Waals surface area (Å²) in [6.45, 7) is 5.68. The lowest BCUT2D eigenvalue weighted by atomic mass is 9.93. The summed E-state index contributed by atoms with van der Waals surface area (Å²) in [6, 6.07) is 8.79. The standard InChI is InChI=1S/C28H35F3N4O3/c1-4-7-21-16-20(14-15-35(21)24-13-10-18(17-32-24)25(36)33-19-11-12-19)34-26(37)27(2,3)38-23-9-6-5-8-22(23)28(29,30)31/h5-6,8-10,13,17,19-21H,4,7,11-12,14-16H2,1-3H3,(H,33,36)(H,34,37). The van der Waals surface area contributed by atoms with Crippen molar-refractivity contribution in [1.82, 2.24) is 15.6 Å². The predicted octanol–water partition coefficient (Wildman–Crippen LogP) is 5.10. The number of ether oxygens (including phenoxy) is 1. The van der Waals surface area contributed by atoms with Crippen molar-refractivity contribution in [2.75, 3.05) is 11.4 Å². The zero-order valence-corrected chi connectivity index (χ0v) is 22.0. The van der Waals surface area contributed by atoms with Crippen LogP contribution in [0.2, 0.25) is 0 Å². The molecule has 2 fully saturated rings. The van der Waals surface area contributed by atoms with Gasteiger partial charge in [0.15, 0.2) is 5.60 Å². The highest BCUT2D eigenvalue weighted by Gasteiger charge is 2.39. The molecule has 0 bridgehead atoms. The van der Waals surface area contributed by atoms with E-state index in [9.17, 15) is 22.8 Å². The number of para-hydroxylation sites is 1. The van der Waals surface area contributed by atoms with Gasteiger partial charge >= 0.3 is 6.18 Å². The van der Waals surface area contributed by atoms with Gasteiger partial charge in [0, 0.05) is 30.9 Å². The van der Waals surface area contributed by atoms with Crippen LogP contribution < -0.4 is 20.3 Å². The quantitative estimate of drug-likeness (QED) is 0.469. The number of benzene rings is 1. The Morgan fingerprint density at radius 1 is 1.05 bits per heavy atom. The molecule has 10 heteroatoms. The normalized spacial score (nSPS) is 20.1. The molecule has 1 aromatic heterocycles. The van der Waals surface area contributed by atoms with Crippen LogP contribution in [0.3, 0.4) is 0 Å². The molecule has 2 amide bonds. The lowest BCUT2D eigenvalue weighted by Gasteiger charge is -2.41. The third-order valence-electron chi connectivity index (χ3n) is 6.99. The number of nitrogens with one attached hydrogen (secondary N) is 2. The number of rotatable bonds is 9. The minimum atomic E-state index is -4.59. The van der Waals surface area contributed by atoms with Crippen molar-refractivity contribution >= 4 is 17.6 Å². The van der Waals surface area contributed by atoms with Crippen LogP contribution in [0.15, 0.2) is 42.6 Å². The Balaban J connectivity index is 1.39. The first-order valence-electron chi connectivity index (χ1n) is 13.2. The van der Waals surface area contributed by atoms with Crippen molar-refractivity contribution in [3.63, 3.8) is 0 Å². The van der Waals surface area contributed by atoms with Crippen LogP contribution >= 0.6 is 0 Å². The minimum absolute atomic E-state index is 0.110. The van der Waals surface area contributed by atoms with Gasteiger partial charge in [0.05, 0.1) is 11.1 Å². The van der Waals surface area contributed by atoms with Crippen LogP contribution in [0.5, 0.6) is 5.75 Å². The van der Waals surface area contributed by atoms with E-state index in [1.165, 1.54) is 32.0 Å². The molecule has 0 spiro atoms. The summed E-state index contributed by atoms with van der Waals surface area (Å²) in [4.78, 5) is 32.2. The van der Waals surface area contributed by atoms with Crippen LogP contribution in [-0.4, -0.2) is 47.1 Å². The van der Waals surface area contributed by atoms with Crippen LogP contribution in [0.1, 0.15) is 75.2 Å². The van der Waals surface area contributed by atoms with Gasteiger partial charge in [0.1, 0.15) is 11.6 Å². The maximum atomic E-state index is 13.4. The number of carbonyl (C=O) groups is 2. The predicted molar refractivity (Wildman–Crippen MR) is 138 cm³/mol. The Kier molecular flexibility index (Phi) is 8.18. The maximum absolute atomic E-state index is 13.4. The molecular formula is C28H35F3N4O3. The fourth-order valence-corrected chi connectivity index (χ4v) is 4.75. The topological polar surface area (TPSA) is 83.6 Å². The molecule has 2 aromatic rings. The fraction of sp³-hybridized carbons (Fsp3) is 0.536. The molecular weight excluding hydrogens is 497 g/mol. The molecule has 1 saturated carbocycles. The molecule has 2 atom stereocenters. The highest BCUT2D eigenvalue weighted by atomic mass is 19.4. The molecule has 206 valence electrons. The number of pyridine rings is 1. The van der Waals surface area contributed by atoms with Gasteiger partial charge in [0.2, 0.25) is 0 Å². The van der Waals surface area contributed by atoms with E-state index in [0.717, 1.165) is 37.6 Å². The summed E-state index contributed by atoms with van der Waals surface area (Å²) in [5.41, 5.74) is -1.89. The van der Waals surface area contributed by atoms with E-state index in [1.54, 1.807) is 12.3 Å². The molecule has 1 aromatic carbocycles. The lowest BCUT2D eigenvalue weighted by Crippen LogP contribution is -2.55. The van der Waals surface area contributed by atoms with E-state index in [0.29, 0.717) is 24.9 Å². The second kappa shape index (κ2) is 11.2. The Labute approximate surface area is 221 Å². The SMILES string of the molecule is CCCC1CC(NC(=O)C(C)(C)Oc2ccccc2C(F)(F)F)CCN1c1ccc(C(=O)NC2CC2)cn1. The smallest absolute Gasteiger partial charge is 0.419 e. The van der Waals surface area contributed by atoms with Crippen LogP contribution in [0, 0.1) is 0 Å². The Hall–Kier alpha value is -3.30. The first kappa shape index (κ1) is 27.7. The Morgan fingerprint density at radius 3 is 2.42 bits per heavy atom. The van der Waals surface area contributed by atoms with Crippen LogP contribution in [0.4, 0.5) is 19.0 Å². The van der Waals surface area contributed by atoms with Gasteiger partial charge in [-0.1, -0.05) is 25.5 Å². The molecule has 1 aliphatic heterocycles. The highest BCUT2D eigenvalue weighted by molar-refractivity contribution is 5.94. The molecule has 7 nitrogen and oxygen atoms in total. The zero-order chi connectivity index (χ0) is 27.5. The van der Waals surface area contributed by atoms with Crippen molar-refractivity contribution < 1.29 is 27.5 Å². The summed E-state index contributed by atoms with van der Waals surface area (Å²) in [7, 11) is 0. The summed E-state index contributed by atoms with van der Waals surface area (Å²) in [5.74, 6) is -0.170. The number of piperidine rings is 1. The molecule has 2 N–H and O–H groups in total. The Morgan fingerprint density at radius 2 is 1.79 bits per heavy atom. The van der Waals surface area contributed by atoms with Gasteiger partial charge in [0.25, 0.3) is 11.8 Å². The molecule has 2 unspecified atom stereocenters. The summed E-state index contributed by atoms with van der Waals surface area (Å²) < 4.78 is 45.8. The third-order valence-corrected chi connectivity index (χ3v) is 6.99. The van der Waals surface area contributed by atoms with E-state index in [-0.39, 0.29) is 29.8 Å². The molecule has 2 aliphatic rings. The molecule has 1 saturated heterocycles. The number of aromatic nitrogens is 1. The van der Waals surface area contributed by atoms with Gasteiger partial charge < -0.3 is 20.3 Å². The first-order chi connectivity index (χ1) is 18.0. The van der Waals surface area contributed by atoms with Gasteiger partial charge in [-0.2, -0.15) is 13.2 Å². The van der Waals surface area contributed by atoms with Gasteiger partial charge in [-0.15, -0.1) is 0 Å². The van der Waals surface area contributed by atoms with Crippen LogP contribution in [-0.2, 0) is 11.0 Å². The van der Waals surface area contributed by atoms with Gasteiger partial charge in [-0.3, -0.25) is 9.59 Å². The fourth-order valence-electron chi connectivity index (χ4n) is 4.75. The number of carbonyl (C=O) groups excluding carboxylic acids is 2. The van der Waals surface area contributed by atoms with Gasteiger partial charge in [-0.05, 0) is 70.2 Å². The number of alkyl halides is 3. The Bertz CT molecular complexity index is 1130. The zero-order valence-electron chi connectivity index (χ0n) is 22.0. The van der Waals surface area contributed by atoms with Gasteiger partial charge in [-0.25, -0.2) is 4.98 Å². The van der Waals surface area contributed by atoms with E-state index in [4.69, 9.17) is 4.74 Å². The number of anilines is 1. The number of hydrogen-bond acceptors (Lipinski definition) is 5. The second-order valence-corrected chi connectivity index (χ2v) is 10.6. The first-order valence-corrected chi connectivity index (χ1v) is 13.2. The number of amides is 2. The molecule has 38 heavy (non-hydrogen) atoms. The van der Waals surface area contributed by atoms with Crippen molar-refractivity contribution in [1.29, 1.82) is 0 Å². The average molecular weight is 533 g/mol. The molecule has 0 radical (unpaired) electrons. The lowest BCUT2D eigenvalue weighted by molar-refractivity contribution is -0.143. The highest BCUT2D eigenvalue weighted by Crippen LogP contribution is 2.37. The summed E-state index contributed by atoms with van der Waals surface area (Å²) in [5, 5.41) is 5.96. The monoisotopic (exact) mass is 532 g/mol. The molecule has 1 aliphatic carbocycles. The van der Waals surface area contributed by atoms with E-state index < -0.39 is 23.2 Å². The van der Waals surface area contributed by atoms with E-state index in [1.807, 2.05) is 6.07 Å². The van der Waals surface area contributed by atoms with Crippen molar-refractivity contribution in [3.05, 3.63) is 53.7 Å². The molecule has 2 heterocycles. The molecule has 4 rings (SSSR count). The van der Waals surface area contributed by atoms with E-state index >= 15 is 0 Å². The summed E-state index contributed by atoms with van der Waals surface area (Å²) >= 11 is 0. The number of hydrogen-bond donors (Lipinski definition) is 2. The van der Waals surface area contributed by atoms with Crippen molar-refractivity contribution in [3.8, 4) is 5.75 Å². The number of halogens is 3. The second-order valence-electron chi connectivity index (χ2n) is 10.6. The summed E-state index contributed by atoms with van der Waals surface area (Å²) in [6.07, 6.45) is 2.19. The van der Waals surface area contributed by atoms with E-state index in [2.05, 4.69) is 27.4 Å². The largest absolute Gasteiger partial charge is 0.477 e. The van der Waals surface area contributed by atoms with Crippen molar-refractivity contribution in [2.45, 2.75) is 89.2 Å². The van der Waals surface area contributed by atoms with Crippen LogP contribution in [0.25, 0.3) is 0 Å².